The average Bonchev–Trinajstić information content (AvgIpc) is 3.44. The predicted molar refractivity (Wildman–Crippen MR) is 107 cm³/mol. The van der Waals surface area contributed by atoms with Crippen molar-refractivity contribution in [1.82, 2.24) is 43.8 Å². The minimum atomic E-state index is 0.0571. The number of halogens is 2. The molecule has 0 amide bonds. The van der Waals surface area contributed by atoms with Crippen molar-refractivity contribution in [3.05, 3.63) is 65.2 Å². The molecule has 4 heterocycles. The molecule has 4 aromatic heterocycles. The highest BCUT2D eigenvalue weighted by Crippen LogP contribution is 2.25. The molecule has 140 valence electrons. The first kappa shape index (κ1) is 16.4. The molecule has 6 rings (SSSR count). The van der Waals surface area contributed by atoms with Gasteiger partial charge in [0.05, 0.1) is 0 Å². The van der Waals surface area contributed by atoms with E-state index in [9.17, 15) is 0 Å². The lowest BCUT2D eigenvalue weighted by atomic mass is 10.0. The molecule has 0 aliphatic rings. The zero-order valence-electron chi connectivity index (χ0n) is 14.5. The summed E-state index contributed by atoms with van der Waals surface area (Å²) < 4.78 is 4.40. The van der Waals surface area contributed by atoms with Gasteiger partial charge in [-0.3, -0.25) is 0 Å². The molecule has 0 aliphatic heterocycles. The van der Waals surface area contributed by atoms with Crippen molar-refractivity contribution in [3.63, 3.8) is 0 Å². The first-order chi connectivity index (χ1) is 14.2. The zero-order chi connectivity index (χ0) is 19.5. The summed E-state index contributed by atoms with van der Waals surface area (Å²) >= 11 is 12.0. The third-order valence-electron chi connectivity index (χ3n) is 4.51. The molecule has 0 unspecified atom stereocenters. The van der Waals surface area contributed by atoms with Crippen LogP contribution in [0.5, 0.6) is 0 Å². The van der Waals surface area contributed by atoms with E-state index in [2.05, 4.69) is 42.4 Å². The van der Waals surface area contributed by atoms with E-state index in [1.165, 1.54) is 13.5 Å². The van der Waals surface area contributed by atoms with Gasteiger partial charge in [-0.15, -0.1) is 15.3 Å². The van der Waals surface area contributed by atoms with Crippen LogP contribution in [0, 0.1) is 0 Å². The molecule has 9 nitrogen and oxygen atoms in total. The fourth-order valence-corrected chi connectivity index (χ4v) is 3.57. The van der Waals surface area contributed by atoms with Gasteiger partial charge in [0.15, 0.2) is 5.82 Å². The van der Waals surface area contributed by atoms with Crippen molar-refractivity contribution in [1.29, 1.82) is 0 Å². The SMILES string of the molecule is Clc1nc2n(n1)c1nc(Cl)nn1c1nc(-c3cccc(-c4ccccc4)c3)nn21. The molecular weight excluding hydrogens is 413 g/mol. The molecule has 0 bridgehead atoms. The van der Waals surface area contributed by atoms with E-state index in [0.29, 0.717) is 23.2 Å². The largest absolute Gasteiger partial charge is 0.261 e. The van der Waals surface area contributed by atoms with Crippen LogP contribution in [0.25, 0.3) is 39.8 Å². The van der Waals surface area contributed by atoms with Gasteiger partial charge in [0.1, 0.15) is 0 Å². The quantitative estimate of drug-likeness (QED) is 0.425. The van der Waals surface area contributed by atoms with Crippen molar-refractivity contribution < 1.29 is 0 Å². The van der Waals surface area contributed by atoms with Crippen LogP contribution in [0.4, 0.5) is 0 Å². The Morgan fingerprint density at radius 2 is 1.10 bits per heavy atom. The zero-order valence-corrected chi connectivity index (χ0v) is 16.0. The second-order valence-corrected chi connectivity index (χ2v) is 6.96. The number of aromatic nitrogens is 9. The molecule has 2 aromatic carbocycles. The van der Waals surface area contributed by atoms with Gasteiger partial charge in [-0.1, -0.05) is 48.5 Å². The summed E-state index contributed by atoms with van der Waals surface area (Å²) in [4.78, 5) is 13.1. The van der Waals surface area contributed by atoms with E-state index in [0.717, 1.165) is 16.7 Å². The Labute approximate surface area is 172 Å². The van der Waals surface area contributed by atoms with Crippen LogP contribution in [-0.4, -0.2) is 43.8 Å². The average molecular weight is 422 g/mol. The molecule has 0 fully saturated rings. The molecule has 0 N–H and O–H groups in total. The van der Waals surface area contributed by atoms with Gasteiger partial charge in [0, 0.05) is 5.56 Å². The van der Waals surface area contributed by atoms with Gasteiger partial charge >= 0.3 is 0 Å². The summed E-state index contributed by atoms with van der Waals surface area (Å²) in [7, 11) is 0. The van der Waals surface area contributed by atoms with Gasteiger partial charge in [0.2, 0.25) is 10.6 Å². The molecule has 0 saturated heterocycles. The van der Waals surface area contributed by atoms with E-state index in [-0.39, 0.29) is 10.6 Å². The maximum absolute atomic E-state index is 6.01. The minimum absolute atomic E-state index is 0.0571. The number of fused-ring (bicyclic) bond motifs is 6. The molecular formula is C18H9Cl2N9. The van der Waals surface area contributed by atoms with Crippen molar-refractivity contribution in [2.75, 3.05) is 0 Å². The van der Waals surface area contributed by atoms with Crippen LogP contribution in [-0.2, 0) is 0 Å². The Kier molecular flexibility index (Phi) is 3.37. The Hall–Kier alpha value is -3.56. The molecule has 11 heteroatoms. The summed E-state index contributed by atoms with van der Waals surface area (Å²) in [5.74, 6) is 1.60. The molecule has 0 saturated carbocycles. The summed E-state index contributed by atoms with van der Waals surface area (Å²) in [6.07, 6.45) is 0. The number of hydrogen-bond acceptors (Lipinski definition) is 6. The van der Waals surface area contributed by atoms with Crippen LogP contribution in [0.3, 0.4) is 0 Å². The van der Waals surface area contributed by atoms with E-state index in [1.807, 2.05) is 42.5 Å². The smallest absolute Gasteiger partial charge is 0.189 e. The summed E-state index contributed by atoms with van der Waals surface area (Å²) in [5.41, 5.74) is 3.01. The van der Waals surface area contributed by atoms with E-state index in [1.54, 1.807) is 0 Å². The number of hydrogen-bond donors (Lipinski definition) is 0. The Balaban J connectivity index is 1.62. The fourth-order valence-electron chi connectivity index (χ4n) is 3.27. The van der Waals surface area contributed by atoms with Crippen molar-refractivity contribution in [2.45, 2.75) is 0 Å². The molecule has 0 atom stereocenters. The Bertz CT molecular complexity index is 1460. The van der Waals surface area contributed by atoms with Crippen molar-refractivity contribution >= 4 is 40.5 Å². The Morgan fingerprint density at radius 3 is 1.79 bits per heavy atom. The number of nitrogens with zero attached hydrogens (tertiary/aromatic N) is 9. The molecule has 0 aliphatic carbocycles. The molecule has 6 aromatic rings. The summed E-state index contributed by atoms with van der Waals surface area (Å²) in [6, 6.07) is 18.1. The second kappa shape index (κ2) is 5.97. The van der Waals surface area contributed by atoms with Crippen molar-refractivity contribution in [3.8, 4) is 22.5 Å². The highest BCUT2D eigenvalue weighted by molar-refractivity contribution is 6.28. The van der Waals surface area contributed by atoms with Gasteiger partial charge in [0.25, 0.3) is 17.3 Å². The standard InChI is InChI=1S/C18H9Cl2N9/c19-14-22-17-27-16(28-18(29(17)26-14)23-15(20)25-28)21-13(24-27)12-8-4-7-11(9-12)10-5-2-1-3-6-10/h1-9H. The monoisotopic (exact) mass is 421 g/mol. The highest BCUT2D eigenvalue weighted by atomic mass is 35.5. The highest BCUT2D eigenvalue weighted by Gasteiger charge is 2.20. The van der Waals surface area contributed by atoms with Gasteiger partial charge < -0.3 is 0 Å². The second-order valence-electron chi connectivity index (χ2n) is 6.28. The molecule has 0 radical (unpaired) electrons. The summed E-state index contributed by atoms with van der Waals surface area (Å²) in [6.45, 7) is 0. The minimum Gasteiger partial charge on any atom is -0.189 e. The first-order valence-electron chi connectivity index (χ1n) is 8.56. The normalized spacial score (nSPS) is 11.8. The van der Waals surface area contributed by atoms with E-state index in [4.69, 9.17) is 23.2 Å². The van der Waals surface area contributed by atoms with Gasteiger partial charge in [-0.2, -0.15) is 28.5 Å². The maximum atomic E-state index is 6.01. The maximum Gasteiger partial charge on any atom is 0.261 e. The number of rotatable bonds is 2. The van der Waals surface area contributed by atoms with Crippen molar-refractivity contribution in [2.24, 2.45) is 0 Å². The van der Waals surface area contributed by atoms with Crippen LogP contribution < -0.4 is 0 Å². The predicted octanol–water partition coefficient (Wildman–Crippen LogP) is 3.46. The van der Waals surface area contributed by atoms with Crippen LogP contribution >= 0.6 is 23.2 Å². The van der Waals surface area contributed by atoms with Gasteiger partial charge in [-0.25, -0.2) is 0 Å². The van der Waals surface area contributed by atoms with Crippen LogP contribution in [0.2, 0.25) is 10.6 Å². The third-order valence-corrected chi connectivity index (χ3v) is 4.83. The Morgan fingerprint density at radius 1 is 0.552 bits per heavy atom. The van der Waals surface area contributed by atoms with Crippen LogP contribution in [0.15, 0.2) is 54.6 Å². The van der Waals surface area contributed by atoms with Gasteiger partial charge in [-0.05, 0) is 40.4 Å². The van der Waals surface area contributed by atoms with E-state index < -0.39 is 0 Å². The third kappa shape index (κ3) is 2.48. The number of benzene rings is 2. The molecule has 0 spiro atoms. The lowest BCUT2D eigenvalue weighted by Gasteiger charge is -2.02. The fraction of sp³-hybridized carbons (Fsp3) is 0. The lowest BCUT2D eigenvalue weighted by molar-refractivity contribution is 0.816. The van der Waals surface area contributed by atoms with E-state index >= 15 is 0 Å². The van der Waals surface area contributed by atoms with Crippen LogP contribution in [0.1, 0.15) is 0 Å². The lowest BCUT2D eigenvalue weighted by Crippen LogP contribution is -2.06. The summed E-state index contributed by atoms with van der Waals surface area (Å²) in [5, 5.41) is 13.1. The molecule has 29 heavy (non-hydrogen) atoms. The topological polar surface area (TPSA) is 90.6 Å². The first-order valence-corrected chi connectivity index (χ1v) is 9.32.